The van der Waals surface area contributed by atoms with Crippen LogP contribution in [0.2, 0.25) is 5.02 Å². The van der Waals surface area contributed by atoms with E-state index in [1.54, 1.807) is 0 Å². The minimum absolute atomic E-state index is 0.00527. The molecule has 0 aliphatic rings. The summed E-state index contributed by atoms with van der Waals surface area (Å²) >= 11 is 5.80. The number of rotatable bonds is 5. The van der Waals surface area contributed by atoms with Gasteiger partial charge in [-0.1, -0.05) is 29.8 Å². The van der Waals surface area contributed by atoms with Crippen LogP contribution in [0.5, 0.6) is 0 Å². The molecule has 0 bridgehead atoms. The van der Waals surface area contributed by atoms with E-state index in [1.165, 1.54) is 36.4 Å². The summed E-state index contributed by atoms with van der Waals surface area (Å²) < 4.78 is 52.5. The summed E-state index contributed by atoms with van der Waals surface area (Å²) in [5.41, 5.74) is 0.519. The van der Waals surface area contributed by atoms with Gasteiger partial charge in [0, 0.05) is 17.1 Å². The van der Waals surface area contributed by atoms with Crippen LogP contribution in [0.15, 0.2) is 42.5 Å². The highest BCUT2D eigenvalue weighted by Gasteiger charge is 2.17. The Bertz CT molecular complexity index is 713. The Balaban J connectivity index is 2.07. The standard InChI is InChI=1S/C14H12ClF2NO2S/c15-13-2-1-3-14(17)12(13)9-21(19,20)18-8-10-4-6-11(16)7-5-10/h1-7,18H,8-9H2. The van der Waals surface area contributed by atoms with E-state index in [9.17, 15) is 17.2 Å². The summed E-state index contributed by atoms with van der Waals surface area (Å²) in [6, 6.07) is 9.38. The molecule has 2 aromatic carbocycles. The van der Waals surface area contributed by atoms with Gasteiger partial charge in [-0.05, 0) is 29.8 Å². The lowest BCUT2D eigenvalue weighted by Crippen LogP contribution is -2.25. The fourth-order valence-corrected chi connectivity index (χ4v) is 3.18. The zero-order valence-electron chi connectivity index (χ0n) is 10.8. The maximum Gasteiger partial charge on any atom is 0.216 e. The van der Waals surface area contributed by atoms with Crippen LogP contribution >= 0.6 is 11.6 Å². The normalized spacial score (nSPS) is 11.6. The molecule has 0 fully saturated rings. The molecule has 0 atom stereocenters. The fourth-order valence-electron chi connectivity index (χ4n) is 1.71. The van der Waals surface area contributed by atoms with Gasteiger partial charge in [0.25, 0.3) is 0 Å². The second kappa shape index (κ2) is 6.51. The van der Waals surface area contributed by atoms with Crippen LogP contribution in [0.4, 0.5) is 8.78 Å². The van der Waals surface area contributed by atoms with Crippen molar-refractivity contribution in [3.8, 4) is 0 Å². The second-order valence-corrected chi connectivity index (χ2v) is 6.62. The topological polar surface area (TPSA) is 46.2 Å². The number of hydrogen-bond donors (Lipinski definition) is 1. The van der Waals surface area contributed by atoms with Crippen molar-refractivity contribution >= 4 is 21.6 Å². The van der Waals surface area contributed by atoms with Gasteiger partial charge < -0.3 is 0 Å². The van der Waals surface area contributed by atoms with Crippen LogP contribution in [0.25, 0.3) is 0 Å². The summed E-state index contributed by atoms with van der Waals surface area (Å²) in [6.07, 6.45) is 0. The lowest BCUT2D eigenvalue weighted by molar-refractivity contribution is 0.574. The average Bonchev–Trinajstić information content (AvgIpc) is 2.43. The highest BCUT2D eigenvalue weighted by Crippen LogP contribution is 2.21. The molecule has 0 saturated carbocycles. The van der Waals surface area contributed by atoms with E-state index in [1.807, 2.05) is 0 Å². The molecule has 0 amide bonds. The van der Waals surface area contributed by atoms with Gasteiger partial charge in [0.15, 0.2) is 0 Å². The summed E-state index contributed by atoms with van der Waals surface area (Å²) in [4.78, 5) is 0. The van der Waals surface area contributed by atoms with Crippen molar-refractivity contribution in [2.75, 3.05) is 0 Å². The molecule has 3 nitrogen and oxygen atoms in total. The van der Waals surface area contributed by atoms with Crippen LogP contribution in [0, 0.1) is 11.6 Å². The summed E-state index contributed by atoms with van der Waals surface area (Å²) in [7, 11) is -3.76. The fraction of sp³-hybridized carbons (Fsp3) is 0.143. The summed E-state index contributed by atoms with van der Waals surface area (Å²) in [6.45, 7) is -0.00527. The second-order valence-electron chi connectivity index (χ2n) is 4.41. The van der Waals surface area contributed by atoms with Crippen molar-refractivity contribution in [2.24, 2.45) is 0 Å². The largest absolute Gasteiger partial charge is 0.216 e. The zero-order chi connectivity index (χ0) is 15.5. The van der Waals surface area contributed by atoms with E-state index in [-0.39, 0.29) is 17.1 Å². The lowest BCUT2D eigenvalue weighted by Gasteiger charge is -2.09. The highest BCUT2D eigenvalue weighted by atomic mass is 35.5. The predicted octanol–water partition coefficient (Wildman–Crippen LogP) is 3.24. The summed E-state index contributed by atoms with van der Waals surface area (Å²) in [5, 5.41) is 0.0576. The smallest absolute Gasteiger partial charge is 0.212 e. The molecular weight excluding hydrogens is 320 g/mol. The molecule has 0 spiro atoms. The third-order valence-corrected chi connectivity index (χ3v) is 4.41. The van der Waals surface area contributed by atoms with Gasteiger partial charge in [-0.2, -0.15) is 0 Å². The summed E-state index contributed by atoms with van der Waals surface area (Å²) in [5.74, 6) is -1.63. The van der Waals surface area contributed by atoms with E-state index in [0.29, 0.717) is 5.56 Å². The van der Waals surface area contributed by atoms with E-state index in [4.69, 9.17) is 11.6 Å². The van der Waals surface area contributed by atoms with Gasteiger partial charge >= 0.3 is 0 Å². The molecule has 0 aromatic heterocycles. The molecule has 1 N–H and O–H groups in total. The van der Waals surface area contributed by atoms with Gasteiger partial charge in [0.1, 0.15) is 11.6 Å². The highest BCUT2D eigenvalue weighted by molar-refractivity contribution is 7.88. The first kappa shape index (κ1) is 15.9. The van der Waals surface area contributed by atoms with E-state index in [2.05, 4.69) is 4.72 Å². The van der Waals surface area contributed by atoms with E-state index in [0.717, 1.165) is 6.07 Å². The van der Waals surface area contributed by atoms with Crippen molar-refractivity contribution < 1.29 is 17.2 Å². The molecule has 112 valence electrons. The van der Waals surface area contributed by atoms with Crippen molar-refractivity contribution in [1.82, 2.24) is 4.72 Å². The molecule has 2 aromatic rings. The van der Waals surface area contributed by atoms with Crippen molar-refractivity contribution in [1.29, 1.82) is 0 Å². The average molecular weight is 332 g/mol. The Hall–Kier alpha value is -1.50. The van der Waals surface area contributed by atoms with E-state index >= 15 is 0 Å². The molecule has 0 radical (unpaired) electrons. The number of benzene rings is 2. The van der Waals surface area contributed by atoms with Gasteiger partial charge in [0.05, 0.1) is 5.75 Å². The Morgan fingerprint density at radius 2 is 1.71 bits per heavy atom. The first-order valence-electron chi connectivity index (χ1n) is 6.02. The molecule has 7 heteroatoms. The van der Waals surface area contributed by atoms with Crippen LogP contribution in [0.1, 0.15) is 11.1 Å². The Morgan fingerprint density at radius 1 is 1.05 bits per heavy atom. The maximum atomic E-state index is 13.6. The van der Waals surface area contributed by atoms with Crippen molar-refractivity contribution in [3.63, 3.8) is 0 Å². The molecule has 0 aliphatic carbocycles. The van der Waals surface area contributed by atoms with E-state index < -0.39 is 27.4 Å². The SMILES string of the molecule is O=S(=O)(Cc1c(F)cccc1Cl)NCc1ccc(F)cc1. The Labute approximate surface area is 126 Å². The maximum absolute atomic E-state index is 13.6. The monoisotopic (exact) mass is 331 g/mol. The van der Waals surface area contributed by atoms with Gasteiger partial charge in [-0.3, -0.25) is 0 Å². The predicted molar refractivity (Wildman–Crippen MR) is 77.3 cm³/mol. The molecule has 0 heterocycles. The number of hydrogen-bond acceptors (Lipinski definition) is 2. The Kier molecular flexibility index (Phi) is 4.92. The number of nitrogens with one attached hydrogen (secondary N) is 1. The van der Waals surface area contributed by atoms with Crippen molar-refractivity contribution in [3.05, 3.63) is 70.2 Å². The number of halogens is 3. The number of sulfonamides is 1. The van der Waals surface area contributed by atoms with Gasteiger partial charge in [0.2, 0.25) is 10.0 Å². The third kappa shape index (κ3) is 4.49. The quantitative estimate of drug-likeness (QED) is 0.914. The first-order valence-corrected chi connectivity index (χ1v) is 8.05. The lowest BCUT2D eigenvalue weighted by atomic mass is 10.2. The van der Waals surface area contributed by atoms with Crippen LogP contribution < -0.4 is 4.72 Å². The van der Waals surface area contributed by atoms with Crippen LogP contribution in [-0.4, -0.2) is 8.42 Å². The molecule has 2 rings (SSSR count). The third-order valence-electron chi connectivity index (χ3n) is 2.81. The Morgan fingerprint density at radius 3 is 2.33 bits per heavy atom. The zero-order valence-corrected chi connectivity index (χ0v) is 12.4. The van der Waals surface area contributed by atoms with Crippen LogP contribution in [0.3, 0.4) is 0 Å². The molecule has 0 saturated heterocycles. The van der Waals surface area contributed by atoms with Gasteiger partial charge in [-0.25, -0.2) is 21.9 Å². The van der Waals surface area contributed by atoms with Crippen molar-refractivity contribution in [2.45, 2.75) is 12.3 Å². The molecule has 21 heavy (non-hydrogen) atoms. The minimum Gasteiger partial charge on any atom is -0.212 e. The first-order chi connectivity index (χ1) is 9.87. The van der Waals surface area contributed by atoms with Crippen LogP contribution in [-0.2, 0) is 22.3 Å². The molecule has 0 unspecified atom stereocenters. The molecular formula is C14H12ClF2NO2S. The minimum atomic E-state index is -3.76. The van der Waals surface area contributed by atoms with Gasteiger partial charge in [-0.15, -0.1) is 0 Å². The molecule has 0 aliphatic heterocycles.